The van der Waals surface area contributed by atoms with Crippen molar-refractivity contribution >= 4 is 34.0 Å². The molecule has 0 aromatic heterocycles. The normalized spacial score (nSPS) is 12.0. The Morgan fingerprint density at radius 3 is 2.43 bits per heavy atom. The van der Waals surface area contributed by atoms with Crippen molar-refractivity contribution in [1.29, 1.82) is 5.26 Å². The Morgan fingerprint density at radius 1 is 1.22 bits per heavy atom. The second-order valence-electron chi connectivity index (χ2n) is 4.62. The number of hydrogen-bond acceptors (Lipinski definition) is 4. The van der Waals surface area contributed by atoms with Gasteiger partial charge in [-0.2, -0.15) is 5.26 Å². The average molecular weight is 372 g/mol. The zero-order chi connectivity index (χ0) is 16.2. The molecule has 8 heteroatoms. The van der Waals surface area contributed by atoms with Crippen molar-refractivity contribution in [1.82, 2.24) is 4.72 Å². The zero-order valence-electron chi connectivity index (χ0n) is 11.9. The van der Waals surface area contributed by atoms with Crippen LogP contribution >= 0.6 is 24.0 Å². The van der Waals surface area contributed by atoms with E-state index >= 15 is 0 Å². The zero-order valence-corrected chi connectivity index (χ0v) is 14.3. The van der Waals surface area contributed by atoms with E-state index in [2.05, 4.69) is 4.72 Å². The molecule has 0 aliphatic carbocycles. The minimum absolute atomic E-state index is 0. The molecule has 2 rings (SSSR count). The lowest BCUT2D eigenvalue weighted by Gasteiger charge is -2.13. The molecule has 0 saturated carbocycles. The third-order valence-electron chi connectivity index (χ3n) is 3.09. The van der Waals surface area contributed by atoms with E-state index in [-0.39, 0.29) is 34.4 Å². The summed E-state index contributed by atoms with van der Waals surface area (Å²) >= 11 is 5.85. The molecule has 0 saturated heterocycles. The minimum atomic E-state index is -3.73. The smallest absolute Gasteiger partial charge is 0.240 e. The average Bonchev–Trinajstić information content (AvgIpc) is 2.53. The van der Waals surface area contributed by atoms with Crippen LogP contribution in [0.3, 0.4) is 0 Å². The lowest BCUT2D eigenvalue weighted by Crippen LogP contribution is -2.32. The topological polar surface area (TPSA) is 96.0 Å². The molecular formula is C15H15Cl2N3O2S. The van der Waals surface area contributed by atoms with Gasteiger partial charge >= 0.3 is 0 Å². The predicted molar refractivity (Wildman–Crippen MR) is 92.0 cm³/mol. The summed E-state index contributed by atoms with van der Waals surface area (Å²) < 4.78 is 26.9. The van der Waals surface area contributed by atoms with Gasteiger partial charge in [-0.3, -0.25) is 0 Å². The van der Waals surface area contributed by atoms with Gasteiger partial charge in [-0.15, -0.1) is 12.4 Å². The number of nitrogens with one attached hydrogen (secondary N) is 1. The highest BCUT2D eigenvalue weighted by molar-refractivity contribution is 7.89. The lowest BCUT2D eigenvalue weighted by molar-refractivity contribution is 0.572. The molecule has 1 unspecified atom stereocenters. The highest BCUT2D eigenvalue weighted by Gasteiger charge is 2.17. The SMILES string of the molecule is Cl.N#Cc1ccc(S(=O)(=O)NCC(N)c2ccccc2)cc1Cl. The van der Waals surface area contributed by atoms with Gasteiger partial charge in [-0.25, -0.2) is 13.1 Å². The first kappa shape index (κ1) is 19.4. The fraction of sp³-hybridized carbons (Fsp3) is 0.133. The molecular weight excluding hydrogens is 357 g/mol. The molecule has 0 fully saturated rings. The molecule has 0 heterocycles. The molecule has 0 aliphatic heterocycles. The standard InChI is InChI=1S/C15H14ClN3O2S.ClH/c16-14-8-13(7-6-12(14)9-17)22(20,21)19-10-15(18)11-4-2-1-3-5-11;/h1-8,15,19H,10,18H2;1H. The van der Waals surface area contributed by atoms with Gasteiger partial charge in [0.1, 0.15) is 6.07 Å². The monoisotopic (exact) mass is 371 g/mol. The molecule has 3 N–H and O–H groups in total. The Morgan fingerprint density at radius 2 is 1.87 bits per heavy atom. The van der Waals surface area contributed by atoms with Gasteiger partial charge in [0.2, 0.25) is 10.0 Å². The quantitative estimate of drug-likeness (QED) is 0.843. The third-order valence-corrected chi connectivity index (χ3v) is 4.83. The summed E-state index contributed by atoms with van der Waals surface area (Å²) in [6.45, 7) is 0.0595. The molecule has 0 bridgehead atoms. The van der Waals surface area contributed by atoms with Gasteiger partial charge in [-0.05, 0) is 23.8 Å². The van der Waals surface area contributed by atoms with Crippen LogP contribution in [0.5, 0.6) is 0 Å². The molecule has 0 aliphatic rings. The minimum Gasteiger partial charge on any atom is -0.323 e. The number of benzene rings is 2. The first-order valence-corrected chi connectivity index (χ1v) is 8.30. The summed E-state index contributed by atoms with van der Waals surface area (Å²) in [5, 5.41) is 8.89. The summed E-state index contributed by atoms with van der Waals surface area (Å²) in [6.07, 6.45) is 0. The number of halogens is 2. The second kappa shape index (κ2) is 8.29. The van der Waals surface area contributed by atoms with Crippen LogP contribution in [0.4, 0.5) is 0 Å². The third kappa shape index (κ3) is 4.93. The summed E-state index contributed by atoms with van der Waals surface area (Å²) in [5.41, 5.74) is 7.02. The van der Waals surface area contributed by atoms with Crippen molar-refractivity contribution in [2.45, 2.75) is 10.9 Å². The van der Waals surface area contributed by atoms with Gasteiger partial charge < -0.3 is 5.73 Å². The van der Waals surface area contributed by atoms with Gasteiger partial charge in [-0.1, -0.05) is 41.9 Å². The van der Waals surface area contributed by atoms with Crippen LogP contribution in [0.15, 0.2) is 53.4 Å². The summed E-state index contributed by atoms with van der Waals surface area (Å²) in [5.74, 6) is 0. The number of rotatable bonds is 5. The van der Waals surface area contributed by atoms with Crippen molar-refractivity contribution in [3.63, 3.8) is 0 Å². The van der Waals surface area contributed by atoms with Crippen molar-refractivity contribution in [2.75, 3.05) is 6.54 Å². The molecule has 122 valence electrons. The molecule has 1 atom stereocenters. The van der Waals surface area contributed by atoms with E-state index < -0.39 is 16.1 Å². The van der Waals surface area contributed by atoms with Crippen LogP contribution in [-0.4, -0.2) is 15.0 Å². The van der Waals surface area contributed by atoms with Crippen LogP contribution in [0.25, 0.3) is 0 Å². The van der Waals surface area contributed by atoms with Crippen LogP contribution in [0.2, 0.25) is 5.02 Å². The summed E-state index contributed by atoms with van der Waals surface area (Å²) in [7, 11) is -3.73. The van der Waals surface area contributed by atoms with E-state index in [4.69, 9.17) is 22.6 Å². The van der Waals surface area contributed by atoms with Crippen molar-refractivity contribution in [3.05, 3.63) is 64.7 Å². The van der Waals surface area contributed by atoms with E-state index in [1.807, 2.05) is 36.4 Å². The van der Waals surface area contributed by atoms with Crippen LogP contribution in [-0.2, 0) is 10.0 Å². The fourth-order valence-corrected chi connectivity index (χ4v) is 3.23. The number of nitrogens with two attached hydrogens (primary N) is 1. The maximum absolute atomic E-state index is 12.2. The first-order chi connectivity index (χ1) is 10.4. The van der Waals surface area contributed by atoms with Gasteiger partial charge in [0.15, 0.2) is 0 Å². The Bertz CT molecular complexity index is 805. The second-order valence-corrected chi connectivity index (χ2v) is 6.80. The molecule has 0 spiro atoms. The molecule has 2 aromatic carbocycles. The van der Waals surface area contributed by atoms with Crippen molar-refractivity contribution < 1.29 is 8.42 Å². The molecule has 23 heavy (non-hydrogen) atoms. The van der Waals surface area contributed by atoms with E-state index in [1.165, 1.54) is 18.2 Å². The van der Waals surface area contributed by atoms with Crippen molar-refractivity contribution in [3.8, 4) is 6.07 Å². The Kier molecular flexibility index (Phi) is 7.01. The summed E-state index contributed by atoms with van der Waals surface area (Å²) in [4.78, 5) is -0.00300. The van der Waals surface area contributed by atoms with Crippen LogP contribution < -0.4 is 10.5 Å². The Balaban J connectivity index is 0.00000264. The van der Waals surface area contributed by atoms with E-state index in [9.17, 15) is 8.42 Å². The van der Waals surface area contributed by atoms with Gasteiger partial charge in [0, 0.05) is 12.6 Å². The van der Waals surface area contributed by atoms with E-state index in [0.717, 1.165) is 5.56 Å². The maximum Gasteiger partial charge on any atom is 0.240 e. The first-order valence-electron chi connectivity index (χ1n) is 6.44. The maximum atomic E-state index is 12.2. The van der Waals surface area contributed by atoms with Crippen molar-refractivity contribution in [2.24, 2.45) is 5.73 Å². The number of sulfonamides is 1. The van der Waals surface area contributed by atoms with Gasteiger partial charge in [0.25, 0.3) is 0 Å². The fourth-order valence-electron chi connectivity index (χ4n) is 1.85. The Hall–Kier alpha value is -1.62. The Labute approximate surface area is 146 Å². The van der Waals surface area contributed by atoms with Crippen LogP contribution in [0.1, 0.15) is 17.2 Å². The van der Waals surface area contributed by atoms with E-state index in [0.29, 0.717) is 0 Å². The van der Waals surface area contributed by atoms with E-state index in [1.54, 1.807) is 0 Å². The van der Waals surface area contributed by atoms with Crippen LogP contribution in [0, 0.1) is 11.3 Å². The number of nitrogens with zero attached hydrogens (tertiary/aromatic N) is 1. The molecule has 0 amide bonds. The highest BCUT2D eigenvalue weighted by atomic mass is 35.5. The largest absolute Gasteiger partial charge is 0.323 e. The van der Waals surface area contributed by atoms with Gasteiger partial charge in [0.05, 0.1) is 15.5 Å². The molecule has 5 nitrogen and oxygen atoms in total. The predicted octanol–water partition coefficient (Wildman–Crippen LogP) is 2.61. The lowest BCUT2D eigenvalue weighted by atomic mass is 10.1. The molecule has 2 aromatic rings. The number of hydrogen-bond donors (Lipinski definition) is 2. The summed E-state index contributed by atoms with van der Waals surface area (Å²) in [6, 6.07) is 14.6. The number of nitriles is 1. The molecule has 0 radical (unpaired) electrons. The highest BCUT2D eigenvalue weighted by Crippen LogP contribution is 2.20.